The predicted octanol–water partition coefficient (Wildman–Crippen LogP) is 2.21. The molecule has 0 unspecified atom stereocenters. The van der Waals surface area contributed by atoms with E-state index in [2.05, 4.69) is 20.8 Å². The fourth-order valence-corrected chi connectivity index (χ4v) is 3.01. The maximum Gasteiger partial charge on any atom is 0.321 e. The summed E-state index contributed by atoms with van der Waals surface area (Å²) in [7, 11) is 0. The summed E-state index contributed by atoms with van der Waals surface area (Å²) in [5.74, 6) is -0.368. The number of nitrogens with one attached hydrogen (secondary N) is 2. The van der Waals surface area contributed by atoms with Gasteiger partial charge in [0.2, 0.25) is 5.91 Å². The van der Waals surface area contributed by atoms with Gasteiger partial charge >= 0.3 is 6.03 Å². The Bertz CT molecular complexity index is 689. The van der Waals surface area contributed by atoms with E-state index in [1.165, 1.54) is 11.8 Å². The van der Waals surface area contributed by atoms with Gasteiger partial charge < -0.3 is 9.88 Å². The van der Waals surface area contributed by atoms with Gasteiger partial charge in [0.05, 0.1) is 11.3 Å². The van der Waals surface area contributed by atoms with E-state index in [1.807, 2.05) is 41.8 Å². The van der Waals surface area contributed by atoms with Crippen LogP contribution in [0.15, 0.2) is 41.8 Å². The second kappa shape index (κ2) is 8.49. The van der Waals surface area contributed by atoms with Gasteiger partial charge in [0.1, 0.15) is 6.33 Å². The van der Waals surface area contributed by atoms with Gasteiger partial charge in [0.25, 0.3) is 0 Å². The van der Waals surface area contributed by atoms with Gasteiger partial charge in [-0.1, -0.05) is 42.1 Å². The molecule has 0 saturated heterocycles. The van der Waals surface area contributed by atoms with Crippen LogP contribution in [0.5, 0.6) is 0 Å². The number of imide groups is 1. The highest BCUT2D eigenvalue weighted by Crippen LogP contribution is 2.26. The van der Waals surface area contributed by atoms with E-state index in [0.29, 0.717) is 11.7 Å². The van der Waals surface area contributed by atoms with E-state index in [0.717, 1.165) is 5.56 Å². The van der Waals surface area contributed by atoms with Crippen molar-refractivity contribution in [3.05, 3.63) is 42.2 Å². The molecule has 8 heteroatoms. The molecule has 24 heavy (non-hydrogen) atoms. The summed E-state index contributed by atoms with van der Waals surface area (Å²) < 4.78 is 1.91. The first-order chi connectivity index (χ1) is 11.5. The van der Waals surface area contributed by atoms with Gasteiger partial charge in [-0.05, 0) is 26.3 Å². The molecule has 2 atom stereocenters. The van der Waals surface area contributed by atoms with Crippen LogP contribution in [-0.4, -0.2) is 38.5 Å². The quantitative estimate of drug-likeness (QED) is 0.782. The maximum atomic E-state index is 12.1. The molecule has 3 amide bonds. The first-order valence-corrected chi connectivity index (χ1v) is 8.60. The van der Waals surface area contributed by atoms with Crippen LogP contribution in [0.1, 0.15) is 32.4 Å². The summed E-state index contributed by atoms with van der Waals surface area (Å²) >= 11 is 1.27. The number of aromatic nitrogens is 3. The average Bonchev–Trinajstić information content (AvgIpc) is 3.03. The molecule has 0 bridgehead atoms. The molecule has 2 rings (SSSR count). The molecule has 0 saturated carbocycles. The minimum absolute atomic E-state index is 0.0438. The Morgan fingerprint density at radius 1 is 1.25 bits per heavy atom. The van der Waals surface area contributed by atoms with Crippen LogP contribution in [-0.2, 0) is 4.79 Å². The Hall–Kier alpha value is -2.35. The van der Waals surface area contributed by atoms with E-state index >= 15 is 0 Å². The lowest BCUT2D eigenvalue weighted by molar-refractivity contribution is -0.119. The van der Waals surface area contributed by atoms with E-state index < -0.39 is 11.3 Å². The normalized spacial score (nSPS) is 13.1. The van der Waals surface area contributed by atoms with Gasteiger partial charge in [-0.25, -0.2) is 4.79 Å². The molecule has 0 aliphatic heterocycles. The molecular formula is C16H21N5O2S. The second-order valence-corrected chi connectivity index (χ2v) is 6.52. The first-order valence-electron chi connectivity index (χ1n) is 7.72. The summed E-state index contributed by atoms with van der Waals surface area (Å²) in [6.45, 7) is 6.02. The number of carbonyl (C=O) groups is 2. The standard InChI is InChI=1S/C16H21N5O2S/c1-4-17-15(23)19-14(22)12(3)24-16-20-18-10-21(16)11(2)13-8-6-5-7-9-13/h5-12H,4H2,1-3H3,(H2,17,19,22,23)/t11-,12+/m0/s1. The van der Waals surface area contributed by atoms with Crippen molar-refractivity contribution >= 4 is 23.7 Å². The minimum atomic E-state index is -0.492. The van der Waals surface area contributed by atoms with Crippen LogP contribution in [0.25, 0.3) is 0 Å². The van der Waals surface area contributed by atoms with Crippen LogP contribution >= 0.6 is 11.8 Å². The summed E-state index contributed by atoms with van der Waals surface area (Å²) in [5.41, 5.74) is 1.12. The Morgan fingerprint density at radius 3 is 2.62 bits per heavy atom. The monoisotopic (exact) mass is 347 g/mol. The van der Waals surface area contributed by atoms with Gasteiger partial charge in [-0.15, -0.1) is 10.2 Å². The Labute approximate surface area is 145 Å². The van der Waals surface area contributed by atoms with Crippen molar-refractivity contribution in [1.29, 1.82) is 0 Å². The van der Waals surface area contributed by atoms with Gasteiger partial charge in [-0.3, -0.25) is 10.1 Å². The van der Waals surface area contributed by atoms with Crippen LogP contribution in [0.2, 0.25) is 0 Å². The lowest BCUT2D eigenvalue weighted by Crippen LogP contribution is -2.42. The Morgan fingerprint density at radius 2 is 1.96 bits per heavy atom. The lowest BCUT2D eigenvalue weighted by Gasteiger charge is -2.17. The molecule has 2 N–H and O–H groups in total. The van der Waals surface area contributed by atoms with Crippen molar-refractivity contribution in [1.82, 2.24) is 25.4 Å². The molecule has 0 aliphatic carbocycles. The molecule has 1 aromatic heterocycles. The fraction of sp³-hybridized carbons (Fsp3) is 0.375. The number of rotatable bonds is 6. The summed E-state index contributed by atoms with van der Waals surface area (Å²) in [6.07, 6.45) is 1.65. The van der Waals surface area contributed by atoms with Gasteiger partial charge in [0, 0.05) is 6.54 Å². The van der Waals surface area contributed by atoms with Crippen molar-refractivity contribution in [2.45, 2.75) is 37.2 Å². The van der Waals surface area contributed by atoms with Crippen molar-refractivity contribution in [2.75, 3.05) is 6.54 Å². The number of benzene rings is 1. The molecule has 2 aromatic rings. The zero-order chi connectivity index (χ0) is 17.5. The van der Waals surface area contributed by atoms with E-state index in [9.17, 15) is 9.59 Å². The Balaban J connectivity index is 2.05. The molecule has 1 aromatic carbocycles. The fourth-order valence-electron chi connectivity index (χ4n) is 2.10. The van der Waals surface area contributed by atoms with E-state index in [1.54, 1.807) is 20.2 Å². The zero-order valence-electron chi connectivity index (χ0n) is 13.9. The average molecular weight is 347 g/mol. The number of hydrogen-bond donors (Lipinski definition) is 2. The zero-order valence-corrected chi connectivity index (χ0v) is 14.7. The molecule has 0 fully saturated rings. The third-order valence-electron chi connectivity index (χ3n) is 3.46. The number of thioether (sulfide) groups is 1. The van der Waals surface area contributed by atoms with Crippen molar-refractivity contribution in [3.63, 3.8) is 0 Å². The molecule has 0 spiro atoms. The van der Waals surface area contributed by atoms with Gasteiger partial charge in [-0.2, -0.15) is 0 Å². The van der Waals surface area contributed by atoms with Crippen molar-refractivity contribution < 1.29 is 9.59 Å². The van der Waals surface area contributed by atoms with Crippen molar-refractivity contribution in [3.8, 4) is 0 Å². The van der Waals surface area contributed by atoms with Crippen LogP contribution < -0.4 is 10.6 Å². The van der Waals surface area contributed by atoms with E-state index in [-0.39, 0.29) is 11.9 Å². The molecule has 1 heterocycles. The number of hydrogen-bond acceptors (Lipinski definition) is 5. The molecular weight excluding hydrogens is 326 g/mol. The third kappa shape index (κ3) is 4.58. The highest BCUT2D eigenvalue weighted by molar-refractivity contribution is 8.00. The largest absolute Gasteiger partial charge is 0.338 e. The second-order valence-electron chi connectivity index (χ2n) is 5.22. The SMILES string of the molecule is CCNC(=O)NC(=O)[C@@H](C)Sc1nncn1[C@@H](C)c1ccccc1. The van der Waals surface area contributed by atoms with Crippen LogP contribution in [0, 0.1) is 0 Å². The van der Waals surface area contributed by atoms with Gasteiger partial charge in [0.15, 0.2) is 5.16 Å². The molecule has 128 valence electrons. The van der Waals surface area contributed by atoms with E-state index in [4.69, 9.17) is 0 Å². The third-order valence-corrected chi connectivity index (χ3v) is 4.54. The molecule has 0 radical (unpaired) electrons. The lowest BCUT2D eigenvalue weighted by atomic mass is 10.1. The summed E-state index contributed by atoms with van der Waals surface area (Å²) in [5, 5.41) is 13.0. The molecule has 0 aliphatic rings. The highest BCUT2D eigenvalue weighted by atomic mass is 32.2. The Kier molecular flexibility index (Phi) is 6.36. The number of carbonyl (C=O) groups excluding carboxylic acids is 2. The number of urea groups is 1. The minimum Gasteiger partial charge on any atom is -0.338 e. The smallest absolute Gasteiger partial charge is 0.321 e. The van der Waals surface area contributed by atoms with Crippen LogP contribution in [0.4, 0.5) is 4.79 Å². The van der Waals surface area contributed by atoms with Crippen LogP contribution in [0.3, 0.4) is 0 Å². The summed E-state index contributed by atoms with van der Waals surface area (Å²) in [6, 6.07) is 9.54. The number of nitrogens with zero attached hydrogens (tertiary/aromatic N) is 3. The highest BCUT2D eigenvalue weighted by Gasteiger charge is 2.21. The molecule has 7 nitrogen and oxygen atoms in total. The predicted molar refractivity (Wildman–Crippen MR) is 92.8 cm³/mol. The maximum absolute atomic E-state index is 12.1. The van der Waals surface area contributed by atoms with Crippen molar-refractivity contribution in [2.24, 2.45) is 0 Å². The topological polar surface area (TPSA) is 88.9 Å². The summed E-state index contributed by atoms with van der Waals surface area (Å²) in [4.78, 5) is 23.5. The first kappa shape index (κ1) is 18.0. The number of amides is 3.